The highest BCUT2D eigenvalue weighted by molar-refractivity contribution is 5.48. The van der Waals surface area contributed by atoms with Gasteiger partial charge >= 0.3 is 0 Å². The number of tetrazole rings is 1. The van der Waals surface area contributed by atoms with Crippen LogP contribution in [-0.4, -0.2) is 39.3 Å². The molecule has 1 saturated heterocycles. The van der Waals surface area contributed by atoms with E-state index in [2.05, 4.69) is 26.2 Å². The summed E-state index contributed by atoms with van der Waals surface area (Å²) in [5.74, 6) is 0. The van der Waals surface area contributed by atoms with Gasteiger partial charge in [-0.05, 0) is 54.1 Å². The lowest BCUT2D eigenvalue weighted by atomic mass is 10.2. The van der Waals surface area contributed by atoms with Gasteiger partial charge in [-0.2, -0.15) is 0 Å². The van der Waals surface area contributed by atoms with Crippen LogP contribution in [0.1, 0.15) is 12.8 Å². The molecule has 1 fully saturated rings. The van der Waals surface area contributed by atoms with Gasteiger partial charge in [0.1, 0.15) is 6.33 Å². The molecule has 0 spiro atoms. The lowest BCUT2D eigenvalue weighted by molar-refractivity contribution is 0.633. The third kappa shape index (κ3) is 2.48. The molecule has 3 rings (SSSR count). The Kier molecular flexibility index (Phi) is 3.18. The largest absolute Gasteiger partial charge is 0.383 e. The van der Waals surface area contributed by atoms with Gasteiger partial charge in [0.05, 0.1) is 5.69 Å². The molecule has 2 N–H and O–H groups in total. The van der Waals surface area contributed by atoms with Crippen LogP contribution in [0.4, 0.5) is 5.69 Å². The number of nitrogens with zero attached hydrogens (tertiary/aromatic N) is 4. The summed E-state index contributed by atoms with van der Waals surface area (Å²) in [4.78, 5) is 0. The van der Waals surface area contributed by atoms with Crippen LogP contribution in [0.15, 0.2) is 30.6 Å². The zero-order valence-corrected chi connectivity index (χ0v) is 10.1. The molecule has 1 atom stereocenters. The first kappa shape index (κ1) is 11.2. The van der Waals surface area contributed by atoms with Gasteiger partial charge in [-0.3, -0.25) is 0 Å². The van der Waals surface area contributed by atoms with Gasteiger partial charge < -0.3 is 10.6 Å². The van der Waals surface area contributed by atoms with E-state index in [1.807, 2.05) is 24.3 Å². The Morgan fingerprint density at radius 3 is 2.89 bits per heavy atom. The molecular formula is C12H16N6. The van der Waals surface area contributed by atoms with Crippen LogP contribution in [0.5, 0.6) is 0 Å². The van der Waals surface area contributed by atoms with Gasteiger partial charge in [0.2, 0.25) is 0 Å². The van der Waals surface area contributed by atoms with Crippen molar-refractivity contribution in [2.24, 2.45) is 0 Å². The third-order valence-corrected chi connectivity index (χ3v) is 3.20. The average molecular weight is 244 g/mol. The van der Waals surface area contributed by atoms with Crippen LogP contribution < -0.4 is 10.6 Å². The molecule has 1 aliphatic heterocycles. The van der Waals surface area contributed by atoms with E-state index >= 15 is 0 Å². The molecule has 1 aromatic heterocycles. The van der Waals surface area contributed by atoms with Crippen LogP contribution in [0.3, 0.4) is 0 Å². The van der Waals surface area contributed by atoms with Gasteiger partial charge in [-0.25, -0.2) is 4.68 Å². The summed E-state index contributed by atoms with van der Waals surface area (Å²) in [6.07, 6.45) is 4.13. The SMILES string of the molecule is c1cc(-n2cnnn2)ccc1NCC1CCCN1. The van der Waals surface area contributed by atoms with Crippen molar-refractivity contribution >= 4 is 5.69 Å². The fourth-order valence-electron chi connectivity index (χ4n) is 2.18. The van der Waals surface area contributed by atoms with Crippen molar-refractivity contribution in [3.8, 4) is 5.69 Å². The molecule has 0 radical (unpaired) electrons. The second kappa shape index (κ2) is 5.14. The maximum Gasteiger partial charge on any atom is 0.143 e. The number of rotatable bonds is 4. The quantitative estimate of drug-likeness (QED) is 0.833. The van der Waals surface area contributed by atoms with Crippen LogP contribution in [-0.2, 0) is 0 Å². The van der Waals surface area contributed by atoms with E-state index in [9.17, 15) is 0 Å². The standard InChI is InChI=1S/C12H16N6/c1-2-11(13-7-1)8-14-10-3-5-12(6-4-10)18-9-15-16-17-18/h3-6,9,11,13-14H,1-2,7-8H2. The fraction of sp³-hybridized carbons (Fsp3) is 0.417. The fourth-order valence-corrected chi connectivity index (χ4v) is 2.18. The minimum atomic E-state index is 0.601. The Morgan fingerprint density at radius 2 is 2.22 bits per heavy atom. The van der Waals surface area contributed by atoms with E-state index in [1.165, 1.54) is 12.8 Å². The van der Waals surface area contributed by atoms with Crippen molar-refractivity contribution in [3.05, 3.63) is 30.6 Å². The predicted octanol–water partition coefficient (Wildman–Crippen LogP) is 0.826. The zero-order chi connectivity index (χ0) is 12.2. The molecule has 2 aromatic rings. The number of nitrogens with one attached hydrogen (secondary N) is 2. The number of aromatic nitrogens is 4. The van der Waals surface area contributed by atoms with Gasteiger partial charge in [-0.1, -0.05) is 0 Å². The van der Waals surface area contributed by atoms with Crippen LogP contribution in [0.25, 0.3) is 5.69 Å². The van der Waals surface area contributed by atoms with E-state index in [4.69, 9.17) is 0 Å². The summed E-state index contributed by atoms with van der Waals surface area (Å²) in [5.41, 5.74) is 2.09. The molecule has 0 bridgehead atoms. The summed E-state index contributed by atoms with van der Waals surface area (Å²) in [6.45, 7) is 2.12. The Bertz CT molecular complexity index is 472. The lowest BCUT2D eigenvalue weighted by Crippen LogP contribution is -2.29. The first-order valence-electron chi connectivity index (χ1n) is 6.22. The molecule has 18 heavy (non-hydrogen) atoms. The molecule has 1 aliphatic rings. The maximum absolute atomic E-state index is 3.85. The molecule has 0 aliphatic carbocycles. The average Bonchev–Trinajstić information content (AvgIpc) is 3.10. The van der Waals surface area contributed by atoms with Crippen molar-refractivity contribution in [1.29, 1.82) is 0 Å². The van der Waals surface area contributed by atoms with E-state index in [0.717, 1.165) is 24.5 Å². The van der Waals surface area contributed by atoms with Gasteiger partial charge in [0.15, 0.2) is 0 Å². The Hall–Kier alpha value is -1.95. The van der Waals surface area contributed by atoms with Gasteiger partial charge in [0, 0.05) is 18.3 Å². The topological polar surface area (TPSA) is 67.7 Å². The molecule has 2 heterocycles. The Labute approximate surface area is 105 Å². The van der Waals surface area contributed by atoms with E-state index < -0.39 is 0 Å². The monoisotopic (exact) mass is 244 g/mol. The van der Waals surface area contributed by atoms with E-state index in [-0.39, 0.29) is 0 Å². The van der Waals surface area contributed by atoms with Crippen molar-refractivity contribution in [2.45, 2.75) is 18.9 Å². The summed E-state index contributed by atoms with van der Waals surface area (Å²) in [7, 11) is 0. The smallest absolute Gasteiger partial charge is 0.143 e. The third-order valence-electron chi connectivity index (χ3n) is 3.20. The van der Waals surface area contributed by atoms with Crippen molar-refractivity contribution in [1.82, 2.24) is 25.5 Å². The molecule has 94 valence electrons. The highest BCUT2D eigenvalue weighted by Crippen LogP contribution is 2.13. The highest BCUT2D eigenvalue weighted by atomic mass is 15.5. The summed E-state index contributed by atoms with van der Waals surface area (Å²) in [6, 6.07) is 8.70. The highest BCUT2D eigenvalue weighted by Gasteiger charge is 2.12. The minimum absolute atomic E-state index is 0.601. The normalized spacial score (nSPS) is 19.0. The van der Waals surface area contributed by atoms with Gasteiger partial charge in [-0.15, -0.1) is 5.10 Å². The number of benzene rings is 1. The second-order valence-electron chi connectivity index (χ2n) is 4.48. The zero-order valence-electron chi connectivity index (χ0n) is 10.1. The molecule has 0 saturated carbocycles. The number of hydrogen-bond donors (Lipinski definition) is 2. The van der Waals surface area contributed by atoms with Crippen molar-refractivity contribution < 1.29 is 0 Å². The number of hydrogen-bond acceptors (Lipinski definition) is 5. The number of anilines is 1. The molecule has 6 nitrogen and oxygen atoms in total. The van der Waals surface area contributed by atoms with Crippen LogP contribution in [0, 0.1) is 0 Å². The maximum atomic E-state index is 3.85. The molecule has 0 amide bonds. The first-order chi connectivity index (χ1) is 8.92. The van der Waals surface area contributed by atoms with Crippen molar-refractivity contribution in [3.63, 3.8) is 0 Å². The summed E-state index contributed by atoms with van der Waals surface area (Å²) >= 11 is 0. The van der Waals surface area contributed by atoms with Crippen molar-refractivity contribution in [2.75, 3.05) is 18.4 Å². The predicted molar refractivity (Wildman–Crippen MR) is 68.7 cm³/mol. The molecular weight excluding hydrogens is 228 g/mol. The summed E-state index contributed by atoms with van der Waals surface area (Å²) in [5, 5.41) is 18.0. The second-order valence-corrected chi connectivity index (χ2v) is 4.48. The van der Waals surface area contributed by atoms with E-state index in [1.54, 1.807) is 11.0 Å². The van der Waals surface area contributed by atoms with Gasteiger partial charge in [0.25, 0.3) is 0 Å². The van der Waals surface area contributed by atoms with Crippen LogP contribution in [0.2, 0.25) is 0 Å². The first-order valence-corrected chi connectivity index (χ1v) is 6.22. The molecule has 1 aromatic carbocycles. The Balaban J connectivity index is 1.60. The van der Waals surface area contributed by atoms with E-state index in [0.29, 0.717) is 6.04 Å². The molecule has 1 unspecified atom stereocenters. The minimum Gasteiger partial charge on any atom is -0.383 e. The summed E-state index contributed by atoms with van der Waals surface area (Å²) < 4.78 is 1.64. The Morgan fingerprint density at radius 1 is 1.33 bits per heavy atom. The molecule has 6 heteroatoms. The lowest BCUT2D eigenvalue weighted by Gasteiger charge is -2.12. The van der Waals surface area contributed by atoms with Crippen LogP contribution >= 0.6 is 0 Å².